The van der Waals surface area contributed by atoms with Gasteiger partial charge < -0.3 is 0 Å². The minimum absolute atomic E-state index is 0.906. The van der Waals surface area contributed by atoms with Crippen molar-refractivity contribution in [2.45, 2.75) is 32.7 Å². The third-order valence-electron chi connectivity index (χ3n) is 3.64. The fourth-order valence-corrected chi connectivity index (χ4v) is 3.80. The molecule has 1 saturated carbocycles. The van der Waals surface area contributed by atoms with Gasteiger partial charge in [0.1, 0.15) is 0 Å². The van der Waals surface area contributed by atoms with Crippen molar-refractivity contribution in [2.75, 3.05) is 12.8 Å². The van der Waals surface area contributed by atoms with Crippen molar-refractivity contribution in [3.8, 4) is 0 Å². The first-order valence-corrected chi connectivity index (χ1v) is 6.21. The van der Waals surface area contributed by atoms with Crippen molar-refractivity contribution in [2.24, 2.45) is 17.8 Å². The van der Waals surface area contributed by atoms with Gasteiger partial charge in [-0.3, -0.25) is 0 Å². The molecule has 2 fully saturated rings. The number of piperidine rings is 1. The van der Waals surface area contributed by atoms with Crippen LogP contribution in [0.2, 0.25) is 0 Å². The third-order valence-corrected chi connectivity index (χ3v) is 4.55. The zero-order valence-electron chi connectivity index (χ0n) is 8.29. The Bertz CT molecular complexity index is 169. The maximum Gasteiger partial charge on any atom is 0.0208 e. The molecule has 2 rings (SSSR count). The fourth-order valence-electron chi connectivity index (χ4n) is 2.99. The van der Waals surface area contributed by atoms with Gasteiger partial charge in [0.05, 0.1) is 0 Å². The average Bonchev–Trinajstić information content (AvgIpc) is 2.60. The van der Waals surface area contributed by atoms with Crippen molar-refractivity contribution >= 4 is 11.9 Å². The summed E-state index contributed by atoms with van der Waals surface area (Å²) in [6, 6.07) is 0.914. The minimum atomic E-state index is 0.906. The molecule has 70 valence electrons. The van der Waals surface area contributed by atoms with E-state index in [0.29, 0.717) is 0 Å². The van der Waals surface area contributed by atoms with Gasteiger partial charge in [-0.25, -0.2) is 4.31 Å². The topological polar surface area (TPSA) is 3.24 Å². The van der Waals surface area contributed by atoms with Crippen LogP contribution in [0.1, 0.15) is 26.7 Å². The molecule has 3 unspecified atom stereocenters. The van der Waals surface area contributed by atoms with Crippen molar-refractivity contribution in [3.63, 3.8) is 0 Å². The Hall–Kier alpha value is 0.310. The molecule has 0 amide bonds. The van der Waals surface area contributed by atoms with Crippen LogP contribution in [0.15, 0.2) is 0 Å². The maximum absolute atomic E-state index is 2.59. The molecule has 1 aliphatic carbocycles. The summed E-state index contributed by atoms with van der Waals surface area (Å²) in [5.41, 5.74) is 0. The number of hydrogen-bond donors (Lipinski definition) is 0. The van der Waals surface area contributed by atoms with Gasteiger partial charge in [0.2, 0.25) is 0 Å². The van der Waals surface area contributed by atoms with E-state index in [4.69, 9.17) is 0 Å². The average molecular weight is 185 g/mol. The lowest BCUT2D eigenvalue weighted by Crippen LogP contribution is -2.31. The molecular weight excluding hydrogens is 166 g/mol. The Morgan fingerprint density at radius 2 is 2.08 bits per heavy atom. The van der Waals surface area contributed by atoms with Crippen molar-refractivity contribution in [3.05, 3.63) is 0 Å². The number of nitrogens with zero attached hydrogens (tertiary/aromatic N) is 1. The minimum Gasteiger partial charge on any atom is -0.247 e. The van der Waals surface area contributed by atoms with Crippen LogP contribution in [-0.2, 0) is 0 Å². The predicted molar refractivity (Wildman–Crippen MR) is 55.1 cm³/mol. The summed E-state index contributed by atoms with van der Waals surface area (Å²) in [6.07, 6.45) is 5.15. The molecular formula is C10H19NS. The van der Waals surface area contributed by atoms with E-state index in [9.17, 15) is 0 Å². The number of rotatable bonds is 2. The smallest absolute Gasteiger partial charge is 0.0208 e. The standard InChI is InChI=1S/C10H19NS/c1-7(2)10-5-9-4-8(10)6-11(9)12-3/h7-10H,4-6H2,1-3H3. The summed E-state index contributed by atoms with van der Waals surface area (Å²) in [7, 11) is 0. The van der Waals surface area contributed by atoms with Crippen molar-refractivity contribution in [1.82, 2.24) is 4.31 Å². The second-order valence-corrected chi connectivity index (χ2v) is 5.41. The van der Waals surface area contributed by atoms with Gasteiger partial charge in [0, 0.05) is 12.6 Å². The summed E-state index contributed by atoms with van der Waals surface area (Å²) in [5, 5.41) is 0. The highest BCUT2D eigenvalue weighted by atomic mass is 32.2. The molecule has 1 aliphatic heterocycles. The van der Waals surface area contributed by atoms with Crippen LogP contribution in [0.25, 0.3) is 0 Å². The first-order valence-electron chi connectivity index (χ1n) is 5.03. The maximum atomic E-state index is 2.59. The van der Waals surface area contributed by atoms with Gasteiger partial charge in [-0.1, -0.05) is 25.8 Å². The SMILES string of the molecule is CSN1CC2CC1CC2C(C)C. The lowest BCUT2D eigenvalue weighted by molar-refractivity contribution is 0.225. The Balaban J connectivity index is 1.98. The molecule has 2 heteroatoms. The highest BCUT2D eigenvalue weighted by Crippen LogP contribution is 2.47. The predicted octanol–water partition coefficient (Wildman–Crippen LogP) is 2.63. The molecule has 2 bridgehead atoms. The summed E-state index contributed by atoms with van der Waals surface area (Å²) in [5.74, 6) is 2.95. The van der Waals surface area contributed by atoms with Gasteiger partial charge in [0.15, 0.2) is 0 Å². The van der Waals surface area contributed by atoms with Crippen LogP contribution in [0.3, 0.4) is 0 Å². The van der Waals surface area contributed by atoms with E-state index in [-0.39, 0.29) is 0 Å². The summed E-state index contributed by atoms with van der Waals surface area (Å²) >= 11 is 1.94. The molecule has 1 nitrogen and oxygen atoms in total. The largest absolute Gasteiger partial charge is 0.247 e. The second kappa shape index (κ2) is 3.22. The lowest BCUT2D eigenvalue weighted by atomic mass is 9.85. The Morgan fingerprint density at radius 1 is 1.33 bits per heavy atom. The normalized spacial score (nSPS) is 41.5. The second-order valence-electron chi connectivity index (χ2n) is 4.58. The summed E-state index contributed by atoms with van der Waals surface area (Å²) < 4.78 is 2.59. The number of fused-ring (bicyclic) bond motifs is 2. The van der Waals surface area contributed by atoms with Crippen LogP contribution < -0.4 is 0 Å². The van der Waals surface area contributed by atoms with E-state index in [1.165, 1.54) is 19.4 Å². The summed E-state index contributed by atoms with van der Waals surface area (Å²) in [4.78, 5) is 0. The van der Waals surface area contributed by atoms with E-state index in [1.54, 1.807) is 0 Å². The Morgan fingerprint density at radius 3 is 2.50 bits per heavy atom. The van der Waals surface area contributed by atoms with Gasteiger partial charge >= 0.3 is 0 Å². The van der Waals surface area contributed by atoms with E-state index >= 15 is 0 Å². The Kier molecular flexibility index (Phi) is 2.39. The van der Waals surface area contributed by atoms with Crippen molar-refractivity contribution in [1.29, 1.82) is 0 Å². The van der Waals surface area contributed by atoms with Gasteiger partial charge in [-0.2, -0.15) is 0 Å². The molecule has 0 radical (unpaired) electrons. The lowest BCUT2D eigenvalue weighted by Gasteiger charge is -2.31. The van der Waals surface area contributed by atoms with E-state index in [0.717, 1.165) is 23.8 Å². The van der Waals surface area contributed by atoms with Crippen molar-refractivity contribution < 1.29 is 0 Å². The monoisotopic (exact) mass is 185 g/mol. The van der Waals surface area contributed by atoms with E-state index in [1.807, 2.05) is 11.9 Å². The van der Waals surface area contributed by atoms with Gasteiger partial charge in [-0.15, -0.1) is 0 Å². The molecule has 1 heterocycles. The fraction of sp³-hybridized carbons (Fsp3) is 1.00. The Labute approximate surface area is 80.0 Å². The van der Waals surface area contributed by atoms with Gasteiger partial charge in [-0.05, 0) is 36.9 Å². The third kappa shape index (κ3) is 1.29. The summed E-state index contributed by atoms with van der Waals surface area (Å²) in [6.45, 7) is 6.12. The zero-order valence-corrected chi connectivity index (χ0v) is 9.10. The molecule has 3 atom stereocenters. The van der Waals surface area contributed by atoms with E-state index < -0.39 is 0 Å². The molecule has 2 aliphatic rings. The first kappa shape index (κ1) is 8.89. The molecule has 1 saturated heterocycles. The first-order chi connectivity index (χ1) is 5.72. The quantitative estimate of drug-likeness (QED) is 0.608. The molecule has 0 spiro atoms. The van der Waals surface area contributed by atoms with Gasteiger partial charge in [0.25, 0.3) is 0 Å². The van der Waals surface area contributed by atoms with E-state index in [2.05, 4.69) is 24.4 Å². The zero-order chi connectivity index (χ0) is 8.72. The van der Waals surface area contributed by atoms with Crippen LogP contribution in [0, 0.1) is 17.8 Å². The molecule has 12 heavy (non-hydrogen) atoms. The van der Waals surface area contributed by atoms with Crippen LogP contribution in [0.4, 0.5) is 0 Å². The van der Waals surface area contributed by atoms with Crippen LogP contribution in [-0.4, -0.2) is 23.1 Å². The molecule has 0 N–H and O–H groups in total. The molecule has 0 aromatic rings. The molecule has 0 aromatic heterocycles. The highest BCUT2D eigenvalue weighted by Gasteiger charge is 2.45. The molecule has 0 aromatic carbocycles. The van der Waals surface area contributed by atoms with Crippen LogP contribution >= 0.6 is 11.9 Å². The van der Waals surface area contributed by atoms with Crippen LogP contribution in [0.5, 0.6) is 0 Å². The highest BCUT2D eigenvalue weighted by molar-refractivity contribution is 7.96. The number of hydrogen-bond acceptors (Lipinski definition) is 2.